The summed E-state index contributed by atoms with van der Waals surface area (Å²) in [7, 11) is 1.69. The summed E-state index contributed by atoms with van der Waals surface area (Å²) < 4.78 is 0. The first-order chi connectivity index (χ1) is 7.60. The van der Waals surface area contributed by atoms with Gasteiger partial charge in [0, 0.05) is 18.9 Å². The van der Waals surface area contributed by atoms with Crippen molar-refractivity contribution in [2.75, 3.05) is 7.05 Å². The molecule has 4 nitrogen and oxygen atoms in total. The second-order valence-corrected chi connectivity index (χ2v) is 4.74. The second kappa shape index (κ2) is 5.87. The standard InChI is InChI=1S/C12H22N2O2/c1-14-11(16)12(7-3-2-4-8-12)9-5-6-10(13)15/h2-9H2,1H3,(H2,13,15)(H,14,16). The van der Waals surface area contributed by atoms with E-state index in [0.29, 0.717) is 6.42 Å². The molecule has 0 radical (unpaired) electrons. The molecule has 0 atom stereocenters. The van der Waals surface area contributed by atoms with Crippen LogP contribution in [0.25, 0.3) is 0 Å². The molecule has 0 aromatic heterocycles. The van der Waals surface area contributed by atoms with Crippen LogP contribution in [0.2, 0.25) is 0 Å². The third kappa shape index (κ3) is 3.22. The molecule has 92 valence electrons. The molecule has 1 fully saturated rings. The van der Waals surface area contributed by atoms with E-state index in [-0.39, 0.29) is 17.2 Å². The first-order valence-corrected chi connectivity index (χ1v) is 6.11. The molecular formula is C12H22N2O2. The van der Waals surface area contributed by atoms with Crippen molar-refractivity contribution in [2.45, 2.75) is 51.4 Å². The molecule has 1 aliphatic rings. The van der Waals surface area contributed by atoms with Gasteiger partial charge in [-0.25, -0.2) is 0 Å². The minimum absolute atomic E-state index is 0.136. The predicted octanol–water partition coefficient (Wildman–Crippen LogP) is 1.34. The van der Waals surface area contributed by atoms with Gasteiger partial charge in [-0.2, -0.15) is 0 Å². The number of carbonyl (C=O) groups is 2. The van der Waals surface area contributed by atoms with Gasteiger partial charge >= 0.3 is 0 Å². The van der Waals surface area contributed by atoms with Gasteiger partial charge in [0.25, 0.3) is 0 Å². The maximum atomic E-state index is 11.9. The molecule has 0 aromatic carbocycles. The summed E-state index contributed by atoms with van der Waals surface area (Å²) in [5.74, 6) is -0.139. The molecular weight excluding hydrogens is 204 g/mol. The van der Waals surface area contributed by atoms with Crippen LogP contribution < -0.4 is 11.1 Å². The van der Waals surface area contributed by atoms with Crippen LogP contribution in [0.1, 0.15) is 51.4 Å². The predicted molar refractivity (Wildman–Crippen MR) is 62.6 cm³/mol. The molecule has 0 aliphatic heterocycles. The Labute approximate surface area is 97.0 Å². The van der Waals surface area contributed by atoms with Crippen molar-refractivity contribution in [2.24, 2.45) is 11.1 Å². The third-order valence-corrected chi connectivity index (χ3v) is 3.60. The fraction of sp³-hybridized carbons (Fsp3) is 0.833. The molecule has 0 aromatic rings. The van der Waals surface area contributed by atoms with Gasteiger partial charge in [-0.15, -0.1) is 0 Å². The Bertz CT molecular complexity index is 258. The maximum Gasteiger partial charge on any atom is 0.225 e. The van der Waals surface area contributed by atoms with Gasteiger partial charge in [-0.05, 0) is 25.7 Å². The summed E-state index contributed by atoms with van der Waals surface area (Å²) in [4.78, 5) is 22.6. The van der Waals surface area contributed by atoms with Crippen LogP contribution in [-0.4, -0.2) is 18.9 Å². The number of hydrogen-bond donors (Lipinski definition) is 2. The minimum Gasteiger partial charge on any atom is -0.370 e. The highest BCUT2D eigenvalue weighted by Crippen LogP contribution is 2.40. The van der Waals surface area contributed by atoms with Gasteiger partial charge in [-0.1, -0.05) is 19.3 Å². The van der Waals surface area contributed by atoms with Crippen LogP contribution in [0.4, 0.5) is 0 Å². The Hall–Kier alpha value is -1.06. The summed E-state index contributed by atoms with van der Waals surface area (Å²) in [5.41, 5.74) is 4.89. The smallest absolute Gasteiger partial charge is 0.225 e. The molecule has 0 spiro atoms. The number of hydrogen-bond acceptors (Lipinski definition) is 2. The number of amides is 2. The summed E-state index contributed by atoms with van der Waals surface area (Å²) in [5, 5.41) is 2.76. The molecule has 0 unspecified atom stereocenters. The third-order valence-electron chi connectivity index (χ3n) is 3.60. The Morgan fingerprint density at radius 3 is 2.38 bits per heavy atom. The van der Waals surface area contributed by atoms with Crippen molar-refractivity contribution in [1.82, 2.24) is 5.32 Å². The van der Waals surface area contributed by atoms with E-state index in [1.165, 1.54) is 6.42 Å². The summed E-state index contributed by atoms with van der Waals surface area (Å²) >= 11 is 0. The highest BCUT2D eigenvalue weighted by Gasteiger charge is 2.38. The van der Waals surface area contributed by atoms with Crippen LogP contribution in [0, 0.1) is 5.41 Å². The normalized spacial score (nSPS) is 19.1. The van der Waals surface area contributed by atoms with Crippen molar-refractivity contribution in [3.8, 4) is 0 Å². The molecule has 4 heteroatoms. The topological polar surface area (TPSA) is 72.2 Å². The molecule has 3 N–H and O–H groups in total. The van der Waals surface area contributed by atoms with E-state index in [1.54, 1.807) is 7.05 Å². The van der Waals surface area contributed by atoms with E-state index in [4.69, 9.17) is 5.73 Å². The lowest BCUT2D eigenvalue weighted by Crippen LogP contribution is -2.40. The Morgan fingerprint density at radius 2 is 1.88 bits per heavy atom. The monoisotopic (exact) mass is 226 g/mol. The van der Waals surface area contributed by atoms with Crippen LogP contribution in [0.3, 0.4) is 0 Å². The van der Waals surface area contributed by atoms with Crippen molar-refractivity contribution < 1.29 is 9.59 Å². The summed E-state index contributed by atoms with van der Waals surface area (Å²) in [6.45, 7) is 0. The van der Waals surface area contributed by atoms with Gasteiger partial charge in [0.15, 0.2) is 0 Å². The number of nitrogens with one attached hydrogen (secondary N) is 1. The highest BCUT2D eigenvalue weighted by molar-refractivity contribution is 5.82. The summed E-state index contributed by atoms with van der Waals surface area (Å²) in [6, 6.07) is 0. The maximum absolute atomic E-state index is 11.9. The minimum atomic E-state index is -0.275. The average molecular weight is 226 g/mol. The Morgan fingerprint density at radius 1 is 1.25 bits per heavy atom. The first kappa shape index (κ1) is 13.0. The number of primary amides is 1. The van der Waals surface area contributed by atoms with E-state index in [9.17, 15) is 9.59 Å². The van der Waals surface area contributed by atoms with Crippen molar-refractivity contribution in [3.63, 3.8) is 0 Å². The molecule has 0 saturated heterocycles. The number of nitrogens with two attached hydrogens (primary N) is 1. The fourth-order valence-electron chi connectivity index (χ4n) is 2.69. The zero-order valence-electron chi connectivity index (χ0n) is 10.1. The number of rotatable bonds is 5. The largest absolute Gasteiger partial charge is 0.370 e. The van der Waals surface area contributed by atoms with E-state index in [1.807, 2.05) is 0 Å². The molecule has 1 saturated carbocycles. The zero-order valence-corrected chi connectivity index (χ0v) is 10.1. The van der Waals surface area contributed by atoms with E-state index >= 15 is 0 Å². The SMILES string of the molecule is CNC(=O)C1(CCCC(N)=O)CCCCC1. The van der Waals surface area contributed by atoms with E-state index in [0.717, 1.165) is 38.5 Å². The molecule has 1 rings (SSSR count). The zero-order chi connectivity index (χ0) is 12.0. The number of carbonyl (C=O) groups excluding carboxylic acids is 2. The van der Waals surface area contributed by atoms with E-state index < -0.39 is 0 Å². The van der Waals surface area contributed by atoms with Crippen molar-refractivity contribution in [1.29, 1.82) is 0 Å². The van der Waals surface area contributed by atoms with Gasteiger partial charge in [0.05, 0.1) is 0 Å². The van der Waals surface area contributed by atoms with Crippen LogP contribution in [-0.2, 0) is 9.59 Å². The molecule has 1 aliphatic carbocycles. The van der Waals surface area contributed by atoms with Gasteiger partial charge in [-0.3, -0.25) is 9.59 Å². The highest BCUT2D eigenvalue weighted by atomic mass is 16.2. The van der Waals surface area contributed by atoms with Gasteiger partial charge in [0.2, 0.25) is 11.8 Å². The molecule has 2 amide bonds. The Balaban J connectivity index is 2.56. The summed E-state index contributed by atoms with van der Waals surface area (Å²) in [6.07, 6.45) is 7.25. The van der Waals surface area contributed by atoms with Crippen LogP contribution in [0.5, 0.6) is 0 Å². The van der Waals surface area contributed by atoms with Gasteiger partial charge in [0.1, 0.15) is 0 Å². The lowest BCUT2D eigenvalue weighted by atomic mass is 9.70. The van der Waals surface area contributed by atoms with Crippen molar-refractivity contribution in [3.05, 3.63) is 0 Å². The fourth-order valence-corrected chi connectivity index (χ4v) is 2.69. The van der Waals surface area contributed by atoms with Gasteiger partial charge < -0.3 is 11.1 Å². The van der Waals surface area contributed by atoms with E-state index in [2.05, 4.69) is 5.32 Å². The first-order valence-electron chi connectivity index (χ1n) is 6.11. The average Bonchev–Trinajstić information content (AvgIpc) is 2.28. The molecule has 16 heavy (non-hydrogen) atoms. The van der Waals surface area contributed by atoms with Crippen molar-refractivity contribution >= 4 is 11.8 Å². The lowest BCUT2D eigenvalue weighted by Gasteiger charge is -2.35. The lowest BCUT2D eigenvalue weighted by molar-refractivity contribution is -0.133. The quantitative estimate of drug-likeness (QED) is 0.742. The second-order valence-electron chi connectivity index (χ2n) is 4.74. The molecule has 0 bridgehead atoms. The van der Waals surface area contributed by atoms with Crippen LogP contribution >= 0.6 is 0 Å². The molecule has 0 heterocycles. The Kier molecular flexibility index (Phi) is 4.77. The van der Waals surface area contributed by atoms with Crippen LogP contribution in [0.15, 0.2) is 0 Å².